The normalized spacial score (nSPS) is 10.4. The van der Waals surface area contributed by atoms with E-state index in [4.69, 9.17) is 14.4 Å². The SMILES string of the molecule is CCc1noc(COc2ccc(C(=O)O)cc2F)n1. The molecule has 0 aliphatic rings. The fourth-order valence-electron chi connectivity index (χ4n) is 1.38. The van der Waals surface area contributed by atoms with Crippen molar-refractivity contribution >= 4 is 5.97 Å². The van der Waals surface area contributed by atoms with Gasteiger partial charge in [0.2, 0.25) is 0 Å². The predicted octanol–water partition coefficient (Wildman–Crippen LogP) is 2.05. The van der Waals surface area contributed by atoms with E-state index in [1.165, 1.54) is 12.1 Å². The molecule has 0 radical (unpaired) electrons. The Labute approximate surface area is 107 Å². The van der Waals surface area contributed by atoms with E-state index in [9.17, 15) is 9.18 Å². The number of benzene rings is 1. The Balaban J connectivity index is 2.05. The number of hydrogen-bond donors (Lipinski definition) is 1. The van der Waals surface area contributed by atoms with Crippen LogP contribution in [-0.2, 0) is 13.0 Å². The summed E-state index contributed by atoms with van der Waals surface area (Å²) in [5.74, 6) is -1.25. The lowest BCUT2D eigenvalue weighted by atomic mass is 10.2. The summed E-state index contributed by atoms with van der Waals surface area (Å²) in [6.45, 7) is 1.80. The first-order chi connectivity index (χ1) is 9.10. The van der Waals surface area contributed by atoms with Crippen molar-refractivity contribution in [2.24, 2.45) is 0 Å². The lowest BCUT2D eigenvalue weighted by molar-refractivity contribution is 0.0696. The fourth-order valence-corrected chi connectivity index (χ4v) is 1.38. The maximum Gasteiger partial charge on any atom is 0.335 e. The first kappa shape index (κ1) is 13.0. The number of aromatic carboxylic acids is 1. The van der Waals surface area contributed by atoms with E-state index in [2.05, 4.69) is 10.1 Å². The number of carboxylic acid groups (broad SMARTS) is 1. The summed E-state index contributed by atoms with van der Waals surface area (Å²) in [6.07, 6.45) is 0.630. The van der Waals surface area contributed by atoms with Crippen molar-refractivity contribution in [2.75, 3.05) is 0 Å². The third kappa shape index (κ3) is 3.06. The Morgan fingerprint density at radius 1 is 1.53 bits per heavy atom. The number of carbonyl (C=O) groups is 1. The summed E-state index contributed by atoms with van der Waals surface area (Å²) in [5.41, 5.74) is -0.143. The second-order valence-electron chi connectivity index (χ2n) is 3.70. The Morgan fingerprint density at radius 2 is 2.32 bits per heavy atom. The van der Waals surface area contributed by atoms with E-state index >= 15 is 0 Å². The standard InChI is InChI=1S/C12H11FN2O4/c1-2-10-14-11(19-15-10)6-18-9-4-3-7(12(16)17)5-8(9)13/h3-5H,2,6H2,1H3,(H,16,17). The molecule has 1 N–H and O–H groups in total. The molecule has 100 valence electrons. The van der Waals surface area contributed by atoms with E-state index < -0.39 is 11.8 Å². The van der Waals surface area contributed by atoms with Crippen LogP contribution in [0.25, 0.3) is 0 Å². The minimum absolute atomic E-state index is 0.0683. The molecule has 6 nitrogen and oxygen atoms in total. The molecule has 1 heterocycles. The molecule has 0 atom stereocenters. The summed E-state index contributed by atoms with van der Waals surface area (Å²) in [6, 6.07) is 3.39. The van der Waals surface area contributed by atoms with Gasteiger partial charge >= 0.3 is 5.97 Å². The Kier molecular flexibility index (Phi) is 3.74. The van der Waals surface area contributed by atoms with Crippen LogP contribution in [0.4, 0.5) is 4.39 Å². The van der Waals surface area contributed by atoms with Gasteiger partial charge in [-0.25, -0.2) is 9.18 Å². The Morgan fingerprint density at radius 3 is 2.89 bits per heavy atom. The lowest BCUT2D eigenvalue weighted by Crippen LogP contribution is -2.01. The number of hydrogen-bond acceptors (Lipinski definition) is 5. The monoisotopic (exact) mass is 266 g/mol. The minimum Gasteiger partial charge on any atom is -0.481 e. The highest BCUT2D eigenvalue weighted by molar-refractivity contribution is 5.87. The first-order valence-electron chi connectivity index (χ1n) is 5.57. The van der Waals surface area contributed by atoms with Gasteiger partial charge in [0.15, 0.2) is 24.0 Å². The smallest absolute Gasteiger partial charge is 0.335 e. The largest absolute Gasteiger partial charge is 0.481 e. The maximum absolute atomic E-state index is 13.5. The van der Waals surface area contributed by atoms with Crippen molar-refractivity contribution in [3.8, 4) is 5.75 Å². The molecule has 0 aliphatic carbocycles. The van der Waals surface area contributed by atoms with Crippen LogP contribution in [0.1, 0.15) is 29.0 Å². The van der Waals surface area contributed by atoms with Gasteiger partial charge in [-0.1, -0.05) is 12.1 Å². The molecule has 2 rings (SSSR count). The summed E-state index contributed by atoms with van der Waals surface area (Å²) < 4.78 is 23.6. The number of aromatic nitrogens is 2. The van der Waals surface area contributed by atoms with Gasteiger partial charge in [-0.3, -0.25) is 0 Å². The highest BCUT2D eigenvalue weighted by Crippen LogP contribution is 2.19. The molecule has 0 fully saturated rings. The quantitative estimate of drug-likeness (QED) is 0.891. The maximum atomic E-state index is 13.5. The van der Waals surface area contributed by atoms with Crippen molar-refractivity contribution < 1.29 is 23.6 Å². The Bertz CT molecular complexity index is 597. The molecule has 7 heteroatoms. The molecule has 2 aromatic rings. The zero-order valence-electron chi connectivity index (χ0n) is 10.1. The molecule has 0 unspecified atom stereocenters. The van der Waals surface area contributed by atoms with E-state index in [1.807, 2.05) is 6.92 Å². The van der Waals surface area contributed by atoms with Gasteiger partial charge in [0.1, 0.15) is 0 Å². The molecule has 0 saturated carbocycles. The van der Waals surface area contributed by atoms with Gasteiger partial charge in [0, 0.05) is 6.42 Å². The molecule has 1 aromatic heterocycles. The summed E-state index contributed by atoms with van der Waals surface area (Å²) in [4.78, 5) is 14.6. The molecule has 0 bridgehead atoms. The van der Waals surface area contributed by atoms with Crippen molar-refractivity contribution in [3.05, 3.63) is 41.3 Å². The average Bonchev–Trinajstić information content (AvgIpc) is 2.85. The summed E-state index contributed by atoms with van der Waals surface area (Å²) in [5, 5.41) is 12.4. The third-order valence-electron chi connectivity index (χ3n) is 2.36. The minimum atomic E-state index is -1.20. The molecule has 0 amide bonds. The average molecular weight is 266 g/mol. The summed E-state index contributed by atoms with van der Waals surface area (Å²) in [7, 11) is 0. The van der Waals surface area contributed by atoms with Gasteiger partial charge in [0.05, 0.1) is 5.56 Å². The van der Waals surface area contributed by atoms with Crippen LogP contribution in [-0.4, -0.2) is 21.2 Å². The molecule has 19 heavy (non-hydrogen) atoms. The second kappa shape index (κ2) is 5.47. The van der Waals surface area contributed by atoms with Crippen LogP contribution in [0.5, 0.6) is 5.75 Å². The highest BCUT2D eigenvalue weighted by atomic mass is 19.1. The number of halogens is 1. The van der Waals surface area contributed by atoms with E-state index in [1.54, 1.807) is 0 Å². The van der Waals surface area contributed by atoms with E-state index in [0.29, 0.717) is 12.2 Å². The highest BCUT2D eigenvalue weighted by Gasteiger charge is 2.11. The van der Waals surface area contributed by atoms with Crippen LogP contribution >= 0.6 is 0 Å². The molecule has 0 aliphatic heterocycles. The van der Waals surface area contributed by atoms with Gasteiger partial charge < -0.3 is 14.4 Å². The van der Waals surface area contributed by atoms with Crippen LogP contribution in [0, 0.1) is 5.82 Å². The van der Waals surface area contributed by atoms with Crippen LogP contribution in [0.3, 0.4) is 0 Å². The third-order valence-corrected chi connectivity index (χ3v) is 2.36. The first-order valence-corrected chi connectivity index (χ1v) is 5.57. The molecule has 1 aromatic carbocycles. The van der Waals surface area contributed by atoms with Crippen LogP contribution in [0.2, 0.25) is 0 Å². The second-order valence-corrected chi connectivity index (χ2v) is 3.70. The predicted molar refractivity (Wildman–Crippen MR) is 61.4 cm³/mol. The van der Waals surface area contributed by atoms with Crippen molar-refractivity contribution in [1.29, 1.82) is 0 Å². The van der Waals surface area contributed by atoms with Crippen molar-refractivity contribution in [1.82, 2.24) is 10.1 Å². The molecular weight excluding hydrogens is 255 g/mol. The van der Waals surface area contributed by atoms with Gasteiger partial charge in [0.25, 0.3) is 5.89 Å². The fraction of sp³-hybridized carbons (Fsp3) is 0.250. The number of ether oxygens (including phenoxy) is 1. The Hall–Kier alpha value is -2.44. The van der Waals surface area contributed by atoms with Crippen molar-refractivity contribution in [3.63, 3.8) is 0 Å². The molecule has 0 spiro atoms. The number of aryl methyl sites for hydroxylation is 1. The van der Waals surface area contributed by atoms with E-state index in [0.717, 1.165) is 6.07 Å². The topological polar surface area (TPSA) is 85.5 Å². The van der Waals surface area contributed by atoms with Crippen LogP contribution < -0.4 is 4.74 Å². The lowest BCUT2D eigenvalue weighted by Gasteiger charge is -2.04. The zero-order chi connectivity index (χ0) is 13.8. The van der Waals surface area contributed by atoms with Gasteiger partial charge in [-0.2, -0.15) is 4.98 Å². The number of rotatable bonds is 5. The number of nitrogens with zero attached hydrogens (tertiary/aromatic N) is 2. The zero-order valence-corrected chi connectivity index (χ0v) is 10.1. The molecular formula is C12H11FN2O4. The van der Waals surface area contributed by atoms with E-state index in [-0.39, 0.29) is 23.8 Å². The van der Waals surface area contributed by atoms with Crippen molar-refractivity contribution in [2.45, 2.75) is 20.0 Å². The number of carboxylic acids is 1. The van der Waals surface area contributed by atoms with Gasteiger partial charge in [-0.15, -0.1) is 0 Å². The molecule has 0 saturated heterocycles. The van der Waals surface area contributed by atoms with Gasteiger partial charge in [-0.05, 0) is 18.2 Å². The van der Waals surface area contributed by atoms with Crippen LogP contribution in [0.15, 0.2) is 22.7 Å². The summed E-state index contributed by atoms with van der Waals surface area (Å²) >= 11 is 0.